The first-order valence-electron chi connectivity index (χ1n) is 6.95. The maximum atomic E-state index is 12.7. The molecule has 2 aromatic carbocycles. The van der Waals surface area contributed by atoms with Crippen molar-refractivity contribution in [3.05, 3.63) is 75.8 Å². The monoisotopic (exact) mass is 371 g/mol. The first-order chi connectivity index (χ1) is 11.8. The summed E-state index contributed by atoms with van der Waals surface area (Å²) < 4.78 is 43.3. The van der Waals surface area contributed by atoms with Crippen LogP contribution in [-0.4, -0.2) is 21.7 Å². The van der Waals surface area contributed by atoms with E-state index in [1.165, 1.54) is 36.4 Å². The zero-order valence-electron chi connectivity index (χ0n) is 12.6. The third-order valence-corrected chi connectivity index (χ3v) is 3.89. The zero-order valence-corrected chi connectivity index (χ0v) is 13.4. The number of non-ortho nitro benzene ring substituents is 1. The molecule has 5 nitrogen and oxygen atoms in total. The van der Waals surface area contributed by atoms with Crippen LogP contribution in [0.3, 0.4) is 0 Å². The molecule has 0 spiro atoms. The number of ether oxygens (including phenoxy) is 1. The van der Waals surface area contributed by atoms with E-state index in [0.717, 1.165) is 0 Å². The van der Waals surface area contributed by atoms with Crippen LogP contribution in [0.2, 0.25) is 0 Å². The van der Waals surface area contributed by atoms with Gasteiger partial charge in [0, 0.05) is 17.7 Å². The number of thioether (sulfide) groups is 1. The molecule has 132 valence electrons. The fourth-order valence-corrected chi connectivity index (χ4v) is 2.53. The van der Waals surface area contributed by atoms with Crippen LogP contribution in [0.25, 0.3) is 0 Å². The summed E-state index contributed by atoms with van der Waals surface area (Å²) in [6.07, 6.45) is 0. The normalized spacial score (nSPS) is 12.6. The van der Waals surface area contributed by atoms with Crippen molar-refractivity contribution in [2.45, 2.75) is 17.6 Å². The minimum absolute atomic E-state index is 0.105. The molecule has 0 saturated heterocycles. The molecule has 0 N–H and O–H groups in total. The van der Waals surface area contributed by atoms with Gasteiger partial charge in [-0.15, -0.1) is 0 Å². The molecule has 0 bridgehead atoms. The van der Waals surface area contributed by atoms with Crippen LogP contribution in [0.15, 0.2) is 54.6 Å². The fraction of sp³-hybridized carbons (Fsp3) is 0.188. The molecule has 0 radical (unpaired) electrons. The highest BCUT2D eigenvalue weighted by Gasteiger charge is 2.37. The Bertz CT molecular complexity index is 735. The lowest BCUT2D eigenvalue weighted by molar-refractivity contribution is -0.384. The van der Waals surface area contributed by atoms with Crippen LogP contribution in [0.5, 0.6) is 0 Å². The average Bonchev–Trinajstić information content (AvgIpc) is 2.58. The van der Waals surface area contributed by atoms with Gasteiger partial charge in [-0.05, 0) is 29.5 Å². The van der Waals surface area contributed by atoms with Crippen molar-refractivity contribution >= 4 is 23.2 Å². The maximum absolute atomic E-state index is 12.7. The van der Waals surface area contributed by atoms with Gasteiger partial charge in [-0.1, -0.05) is 30.3 Å². The van der Waals surface area contributed by atoms with E-state index in [-0.39, 0.29) is 17.9 Å². The Morgan fingerprint density at radius 2 is 1.72 bits per heavy atom. The predicted molar refractivity (Wildman–Crippen MR) is 86.1 cm³/mol. The standard InChI is InChI=1S/C16H12F3NO4S/c17-16(18,19)25-15(14(21)12-4-2-1-3-5-12)24-10-11-6-8-13(9-7-11)20(22)23/h1-9,15H,10H2/t15-/m0/s1. The molecule has 0 aliphatic rings. The van der Waals surface area contributed by atoms with E-state index in [9.17, 15) is 28.1 Å². The predicted octanol–water partition coefficient (Wildman–Crippen LogP) is 4.57. The van der Waals surface area contributed by atoms with E-state index in [1.54, 1.807) is 18.2 Å². The number of carbonyl (C=O) groups is 1. The van der Waals surface area contributed by atoms with Crippen LogP contribution in [0.4, 0.5) is 18.9 Å². The molecule has 0 fully saturated rings. The Morgan fingerprint density at radius 1 is 1.12 bits per heavy atom. The summed E-state index contributed by atoms with van der Waals surface area (Å²) >= 11 is -0.548. The van der Waals surface area contributed by atoms with Gasteiger partial charge in [0.2, 0.25) is 5.78 Å². The van der Waals surface area contributed by atoms with Gasteiger partial charge >= 0.3 is 5.51 Å². The zero-order chi connectivity index (χ0) is 18.4. The van der Waals surface area contributed by atoms with Crippen molar-refractivity contribution < 1.29 is 27.6 Å². The minimum atomic E-state index is -4.65. The molecule has 0 aromatic heterocycles. The van der Waals surface area contributed by atoms with Gasteiger partial charge in [0.1, 0.15) is 0 Å². The molecule has 9 heteroatoms. The third-order valence-electron chi connectivity index (χ3n) is 3.06. The number of Topliss-reactive ketones (excluding diaryl/α,β-unsaturated/α-hetero) is 1. The number of ketones is 1. The molecule has 0 heterocycles. The summed E-state index contributed by atoms with van der Waals surface area (Å²) in [6.45, 7) is -0.287. The Labute approximate surface area is 144 Å². The van der Waals surface area contributed by atoms with E-state index in [0.29, 0.717) is 5.56 Å². The van der Waals surface area contributed by atoms with Crippen molar-refractivity contribution in [3.8, 4) is 0 Å². The molecular formula is C16H12F3NO4S. The van der Waals surface area contributed by atoms with Gasteiger partial charge in [-0.2, -0.15) is 13.2 Å². The molecule has 1 atom stereocenters. The van der Waals surface area contributed by atoms with Gasteiger partial charge in [-0.25, -0.2) is 0 Å². The third kappa shape index (κ3) is 5.87. The average molecular weight is 371 g/mol. The van der Waals surface area contributed by atoms with Crippen molar-refractivity contribution in [2.75, 3.05) is 0 Å². The molecule has 25 heavy (non-hydrogen) atoms. The minimum Gasteiger partial charge on any atom is -0.354 e. The molecule has 0 amide bonds. The highest BCUT2D eigenvalue weighted by Crippen LogP contribution is 2.36. The summed E-state index contributed by atoms with van der Waals surface area (Å²) in [7, 11) is 0. The number of hydrogen-bond donors (Lipinski definition) is 0. The van der Waals surface area contributed by atoms with E-state index < -0.39 is 33.4 Å². The van der Waals surface area contributed by atoms with Crippen LogP contribution in [-0.2, 0) is 11.3 Å². The summed E-state index contributed by atoms with van der Waals surface area (Å²) in [5.41, 5.74) is -6.04. The van der Waals surface area contributed by atoms with Crippen molar-refractivity contribution in [1.82, 2.24) is 0 Å². The number of halogens is 3. The number of hydrogen-bond acceptors (Lipinski definition) is 5. The number of nitro benzene ring substituents is 1. The molecular weight excluding hydrogens is 359 g/mol. The van der Waals surface area contributed by atoms with Crippen molar-refractivity contribution in [3.63, 3.8) is 0 Å². The lowest BCUT2D eigenvalue weighted by atomic mass is 10.1. The van der Waals surface area contributed by atoms with Crippen LogP contribution in [0, 0.1) is 10.1 Å². The summed E-state index contributed by atoms with van der Waals surface area (Å²) in [5, 5.41) is 10.6. The maximum Gasteiger partial charge on any atom is 0.444 e. The van der Waals surface area contributed by atoms with Crippen LogP contribution < -0.4 is 0 Å². The lowest BCUT2D eigenvalue weighted by Crippen LogP contribution is -2.25. The van der Waals surface area contributed by atoms with E-state index >= 15 is 0 Å². The van der Waals surface area contributed by atoms with Crippen molar-refractivity contribution in [1.29, 1.82) is 0 Å². The largest absolute Gasteiger partial charge is 0.444 e. The summed E-state index contributed by atoms with van der Waals surface area (Å²) in [4.78, 5) is 22.2. The molecule has 2 rings (SSSR count). The topological polar surface area (TPSA) is 69.4 Å². The number of nitrogens with zero attached hydrogens (tertiary/aromatic N) is 1. The smallest absolute Gasteiger partial charge is 0.354 e. The highest BCUT2D eigenvalue weighted by atomic mass is 32.2. The first kappa shape index (κ1) is 18.9. The van der Waals surface area contributed by atoms with E-state index in [4.69, 9.17) is 4.74 Å². The molecule has 0 aliphatic heterocycles. The number of alkyl halides is 3. The van der Waals surface area contributed by atoms with Crippen molar-refractivity contribution in [2.24, 2.45) is 0 Å². The van der Waals surface area contributed by atoms with Gasteiger partial charge in [-0.3, -0.25) is 14.9 Å². The first-order valence-corrected chi connectivity index (χ1v) is 7.83. The second kappa shape index (κ2) is 8.13. The second-order valence-electron chi connectivity index (χ2n) is 4.86. The van der Waals surface area contributed by atoms with Gasteiger partial charge in [0.15, 0.2) is 5.44 Å². The number of nitro groups is 1. The molecule has 0 saturated carbocycles. The molecule has 0 aliphatic carbocycles. The van der Waals surface area contributed by atoms with Crippen LogP contribution in [0.1, 0.15) is 15.9 Å². The Kier molecular flexibility index (Phi) is 6.16. The quantitative estimate of drug-likeness (QED) is 0.309. The SMILES string of the molecule is O=C(c1ccccc1)[C@@H](OCc1ccc([N+](=O)[O-])cc1)SC(F)(F)F. The molecule has 2 aromatic rings. The Balaban J connectivity index is 2.10. The Morgan fingerprint density at radius 3 is 2.24 bits per heavy atom. The fourth-order valence-electron chi connectivity index (χ4n) is 1.91. The second-order valence-corrected chi connectivity index (χ2v) is 5.99. The van der Waals surface area contributed by atoms with Gasteiger partial charge in [0.05, 0.1) is 11.5 Å². The lowest BCUT2D eigenvalue weighted by Gasteiger charge is -2.18. The number of carbonyl (C=O) groups excluding carboxylic acids is 1. The number of rotatable bonds is 7. The van der Waals surface area contributed by atoms with E-state index in [1.807, 2.05) is 0 Å². The van der Waals surface area contributed by atoms with Gasteiger partial charge < -0.3 is 4.74 Å². The number of benzene rings is 2. The summed E-state index contributed by atoms with van der Waals surface area (Å²) in [5.74, 6) is -0.801. The molecule has 0 unspecified atom stereocenters. The van der Waals surface area contributed by atoms with Crippen LogP contribution >= 0.6 is 11.8 Å². The van der Waals surface area contributed by atoms with E-state index in [2.05, 4.69) is 0 Å². The van der Waals surface area contributed by atoms with Gasteiger partial charge in [0.25, 0.3) is 5.69 Å². The Hall–Kier alpha value is -2.39. The summed E-state index contributed by atoms with van der Waals surface area (Å²) in [6, 6.07) is 12.7. The highest BCUT2D eigenvalue weighted by molar-refractivity contribution is 8.01.